The second-order valence-electron chi connectivity index (χ2n) is 8.97. The Kier molecular flexibility index (Phi) is 5.86. The topological polar surface area (TPSA) is 72.9 Å². The summed E-state index contributed by atoms with van der Waals surface area (Å²) in [5, 5.41) is 14.1. The SMILES string of the molecule is Cc1ccc(-n2c(SC(C)c3nc(C(C)(C)C)no3)nnc2N2CCCCC2)cc1. The fourth-order valence-electron chi connectivity index (χ4n) is 3.47. The van der Waals surface area contributed by atoms with E-state index < -0.39 is 0 Å². The molecule has 0 amide bonds. The number of benzene rings is 1. The summed E-state index contributed by atoms with van der Waals surface area (Å²) in [5.41, 5.74) is 2.16. The molecule has 30 heavy (non-hydrogen) atoms. The van der Waals surface area contributed by atoms with Gasteiger partial charge in [0.15, 0.2) is 11.0 Å². The molecule has 1 saturated heterocycles. The van der Waals surface area contributed by atoms with E-state index in [1.54, 1.807) is 11.8 Å². The van der Waals surface area contributed by atoms with Gasteiger partial charge in [-0.2, -0.15) is 4.98 Å². The Balaban J connectivity index is 1.66. The van der Waals surface area contributed by atoms with Gasteiger partial charge in [0.2, 0.25) is 11.8 Å². The van der Waals surface area contributed by atoms with Gasteiger partial charge >= 0.3 is 0 Å². The van der Waals surface area contributed by atoms with Crippen LogP contribution >= 0.6 is 11.8 Å². The van der Waals surface area contributed by atoms with Gasteiger partial charge in [-0.05, 0) is 45.2 Å². The molecule has 1 aliphatic heterocycles. The highest BCUT2D eigenvalue weighted by Crippen LogP contribution is 2.37. The Morgan fingerprint density at radius 2 is 1.73 bits per heavy atom. The van der Waals surface area contributed by atoms with Crippen LogP contribution in [0.4, 0.5) is 5.95 Å². The van der Waals surface area contributed by atoms with Crippen LogP contribution in [0.1, 0.15) is 69.5 Å². The second-order valence-corrected chi connectivity index (χ2v) is 10.3. The zero-order chi connectivity index (χ0) is 21.3. The zero-order valence-electron chi connectivity index (χ0n) is 18.4. The predicted octanol–water partition coefficient (Wildman–Crippen LogP) is 5.10. The number of aromatic nitrogens is 5. The lowest BCUT2D eigenvalue weighted by atomic mass is 9.96. The lowest BCUT2D eigenvalue weighted by Gasteiger charge is -2.28. The summed E-state index contributed by atoms with van der Waals surface area (Å²) in [6.45, 7) is 12.4. The molecule has 4 rings (SSSR count). The second kappa shape index (κ2) is 8.41. The van der Waals surface area contributed by atoms with E-state index in [4.69, 9.17) is 4.52 Å². The molecule has 3 aromatic rings. The molecule has 2 aromatic heterocycles. The minimum absolute atomic E-state index is 0.0313. The summed E-state index contributed by atoms with van der Waals surface area (Å²) < 4.78 is 7.72. The van der Waals surface area contributed by atoms with Gasteiger partial charge < -0.3 is 9.42 Å². The number of piperidine rings is 1. The maximum absolute atomic E-state index is 5.56. The molecule has 160 valence electrons. The van der Waals surface area contributed by atoms with Crippen molar-refractivity contribution < 1.29 is 4.52 Å². The Hall–Kier alpha value is -2.35. The fourth-order valence-corrected chi connectivity index (χ4v) is 4.36. The van der Waals surface area contributed by atoms with Crippen LogP contribution in [-0.2, 0) is 5.41 Å². The van der Waals surface area contributed by atoms with Crippen LogP contribution in [0.3, 0.4) is 0 Å². The van der Waals surface area contributed by atoms with Gasteiger partial charge in [-0.1, -0.05) is 55.4 Å². The molecule has 1 unspecified atom stereocenters. The minimum Gasteiger partial charge on any atom is -0.341 e. The first-order chi connectivity index (χ1) is 14.3. The largest absolute Gasteiger partial charge is 0.341 e. The molecule has 0 spiro atoms. The third kappa shape index (κ3) is 4.38. The van der Waals surface area contributed by atoms with Crippen molar-refractivity contribution in [2.75, 3.05) is 18.0 Å². The zero-order valence-corrected chi connectivity index (χ0v) is 19.2. The molecule has 0 N–H and O–H groups in total. The first kappa shape index (κ1) is 20.9. The van der Waals surface area contributed by atoms with E-state index in [1.807, 2.05) is 0 Å². The summed E-state index contributed by atoms with van der Waals surface area (Å²) in [7, 11) is 0. The maximum Gasteiger partial charge on any atom is 0.239 e. The standard InChI is InChI=1S/C22H30N6OS/c1-15-9-11-17(12-10-15)28-20(27-13-7-6-8-14-27)24-25-21(28)30-16(2)18-23-19(26-29-18)22(3,4)5/h9-12,16H,6-8,13-14H2,1-5H3. The van der Waals surface area contributed by atoms with Crippen molar-refractivity contribution >= 4 is 17.7 Å². The third-order valence-electron chi connectivity index (χ3n) is 5.29. The molecule has 0 aliphatic carbocycles. The Morgan fingerprint density at radius 1 is 1.03 bits per heavy atom. The molecule has 8 heteroatoms. The van der Waals surface area contributed by atoms with Gasteiger partial charge in [0.25, 0.3) is 0 Å². The Bertz CT molecular complexity index is 982. The first-order valence-corrected chi connectivity index (χ1v) is 11.5. The van der Waals surface area contributed by atoms with Crippen molar-refractivity contribution in [3.63, 3.8) is 0 Å². The minimum atomic E-state index is -0.143. The average Bonchev–Trinajstić information content (AvgIpc) is 3.37. The smallest absolute Gasteiger partial charge is 0.239 e. The molecule has 1 aromatic carbocycles. The normalized spacial score (nSPS) is 16.1. The lowest BCUT2D eigenvalue weighted by Crippen LogP contribution is -2.31. The Labute approximate surface area is 182 Å². The quantitative estimate of drug-likeness (QED) is 0.526. The highest BCUT2D eigenvalue weighted by atomic mass is 32.2. The van der Waals surface area contributed by atoms with E-state index in [1.165, 1.54) is 24.8 Å². The molecule has 0 saturated carbocycles. The van der Waals surface area contributed by atoms with Crippen molar-refractivity contribution in [1.29, 1.82) is 0 Å². The van der Waals surface area contributed by atoms with Gasteiger partial charge in [-0.15, -0.1) is 10.2 Å². The van der Waals surface area contributed by atoms with Crippen LogP contribution in [0.2, 0.25) is 0 Å². The first-order valence-electron chi connectivity index (χ1n) is 10.6. The summed E-state index contributed by atoms with van der Waals surface area (Å²) in [4.78, 5) is 6.96. The number of nitrogens with zero attached hydrogens (tertiary/aromatic N) is 6. The maximum atomic E-state index is 5.56. The van der Waals surface area contributed by atoms with Crippen LogP contribution in [-0.4, -0.2) is 38.0 Å². The van der Waals surface area contributed by atoms with Crippen molar-refractivity contribution in [2.24, 2.45) is 0 Å². The number of rotatable bonds is 5. The van der Waals surface area contributed by atoms with Gasteiger partial charge in [0.1, 0.15) is 0 Å². The van der Waals surface area contributed by atoms with Crippen LogP contribution in [0.5, 0.6) is 0 Å². The van der Waals surface area contributed by atoms with Crippen LogP contribution in [0.15, 0.2) is 33.9 Å². The van der Waals surface area contributed by atoms with Crippen LogP contribution in [0.25, 0.3) is 5.69 Å². The van der Waals surface area contributed by atoms with Gasteiger partial charge in [0, 0.05) is 18.5 Å². The van der Waals surface area contributed by atoms with E-state index in [-0.39, 0.29) is 10.7 Å². The van der Waals surface area contributed by atoms with Crippen LogP contribution < -0.4 is 4.90 Å². The molecule has 3 heterocycles. The highest BCUT2D eigenvalue weighted by Gasteiger charge is 2.27. The molecule has 0 radical (unpaired) electrons. The third-order valence-corrected chi connectivity index (χ3v) is 6.32. The molecular formula is C22H30N6OS. The van der Waals surface area contributed by atoms with E-state index in [0.717, 1.165) is 35.7 Å². The van der Waals surface area contributed by atoms with Gasteiger partial charge in [-0.25, -0.2) is 0 Å². The summed E-state index contributed by atoms with van der Waals surface area (Å²) in [6, 6.07) is 8.51. The summed E-state index contributed by atoms with van der Waals surface area (Å²) in [6.07, 6.45) is 3.66. The highest BCUT2D eigenvalue weighted by molar-refractivity contribution is 7.99. The van der Waals surface area contributed by atoms with Crippen molar-refractivity contribution in [3.05, 3.63) is 41.5 Å². The average molecular weight is 427 g/mol. The van der Waals surface area contributed by atoms with E-state index >= 15 is 0 Å². The number of anilines is 1. The Morgan fingerprint density at radius 3 is 2.37 bits per heavy atom. The number of aryl methyl sites for hydroxylation is 1. The molecule has 1 aliphatic rings. The predicted molar refractivity (Wildman–Crippen MR) is 119 cm³/mol. The molecule has 1 fully saturated rings. The van der Waals surface area contributed by atoms with Gasteiger partial charge in [0.05, 0.1) is 10.9 Å². The van der Waals surface area contributed by atoms with Crippen molar-refractivity contribution in [2.45, 2.75) is 69.7 Å². The van der Waals surface area contributed by atoms with Crippen molar-refractivity contribution in [3.8, 4) is 5.69 Å². The molecule has 7 nitrogen and oxygen atoms in total. The van der Waals surface area contributed by atoms with E-state index in [9.17, 15) is 0 Å². The van der Waals surface area contributed by atoms with Crippen molar-refractivity contribution in [1.82, 2.24) is 24.9 Å². The lowest BCUT2D eigenvalue weighted by molar-refractivity contribution is 0.364. The summed E-state index contributed by atoms with van der Waals surface area (Å²) in [5.74, 6) is 2.25. The van der Waals surface area contributed by atoms with Crippen LogP contribution in [0, 0.1) is 6.92 Å². The number of hydrogen-bond donors (Lipinski definition) is 0. The van der Waals surface area contributed by atoms with E-state index in [0.29, 0.717) is 5.89 Å². The number of thioether (sulfide) groups is 1. The number of hydrogen-bond acceptors (Lipinski definition) is 7. The fraction of sp³-hybridized carbons (Fsp3) is 0.545. The van der Waals surface area contributed by atoms with Gasteiger partial charge in [-0.3, -0.25) is 4.57 Å². The summed E-state index contributed by atoms with van der Waals surface area (Å²) >= 11 is 1.60. The molecule has 1 atom stereocenters. The molecule has 0 bridgehead atoms. The monoisotopic (exact) mass is 426 g/mol. The van der Waals surface area contributed by atoms with E-state index in [2.05, 4.69) is 88.7 Å². The molecular weight excluding hydrogens is 396 g/mol.